The normalized spacial score (nSPS) is 26.3. The molecule has 2 nitrogen and oxygen atoms in total. The molecule has 1 unspecified atom stereocenters. The zero-order valence-corrected chi connectivity index (χ0v) is 9.56. The standard InChI is InChI=1S/C11H24N2/c1-11(2,3)9-13-7-5-6-10(8-13)12-4/h10,12H,5-9H2,1-4H3. The van der Waals surface area contributed by atoms with Crippen LogP contribution in [0.1, 0.15) is 33.6 Å². The van der Waals surface area contributed by atoms with Crippen LogP contribution in [0.3, 0.4) is 0 Å². The van der Waals surface area contributed by atoms with Gasteiger partial charge in [0.05, 0.1) is 0 Å². The van der Waals surface area contributed by atoms with Crippen molar-refractivity contribution < 1.29 is 0 Å². The summed E-state index contributed by atoms with van der Waals surface area (Å²) in [5.41, 5.74) is 0.440. The minimum atomic E-state index is 0.440. The second kappa shape index (κ2) is 4.43. The second-order valence-electron chi connectivity index (χ2n) is 5.42. The number of likely N-dealkylation sites (tertiary alicyclic amines) is 1. The van der Waals surface area contributed by atoms with Gasteiger partial charge in [-0.25, -0.2) is 0 Å². The van der Waals surface area contributed by atoms with Crippen molar-refractivity contribution in [2.75, 3.05) is 26.7 Å². The van der Waals surface area contributed by atoms with Crippen LogP contribution in [0.4, 0.5) is 0 Å². The van der Waals surface area contributed by atoms with Gasteiger partial charge in [-0.3, -0.25) is 0 Å². The minimum absolute atomic E-state index is 0.440. The molecule has 1 N–H and O–H groups in total. The van der Waals surface area contributed by atoms with E-state index in [1.54, 1.807) is 0 Å². The molecule has 0 aromatic heterocycles. The number of rotatable bonds is 2. The molecule has 0 spiro atoms. The molecule has 13 heavy (non-hydrogen) atoms. The van der Waals surface area contributed by atoms with Gasteiger partial charge >= 0.3 is 0 Å². The van der Waals surface area contributed by atoms with Crippen LogP contribution in [0.25, 0.3) is 0 Å². The highest BCUT2D eigenvalue weighted by Gasteiger charge is 2.22. The summed E-state index contributed by atoms with van der Waals surface area (Å²) in [7, 11) is 2.07. The summed E-state index contributed by atoms with van der Waals surface area (Å²) in [6, 6.07) is 0.719. The van der Waals surface area contributed by atoms with Gasteiger partial charge in [0.25, 0.3) is 0 Å². The Labute approximate surface area is 82.7 Å². The maximum absolute atomic E-state index is 3.38. The van der Waals surface area contributed by atoms with E-state index in [1.807, 2.05) is 0 Å². The number of nitrogens with one attached hydrogen (secondary N) is 1. The Morgan fingerprint density at radius 3 is 2.62 bits per heavy atom. The monoisotopic (exact) mass is 184 g/mol. The zero-order valence-electron chi connectivity index (χ0n) is 9.56. The van der Waals surface area contributed by atoms with Gasteiger partial charge < -0.3 is 10.2 Å². The van der Waals surface area contributed by atoms with Gasteiger partial charge in [0, 0.05) is 19.1 Å². The fourth-order valence-corrected chi connectivity index (χ4v) is 2.11. The van der Waals surface area contributed by atoms with Gasteiger partial charge in [0.2, 0.25) is 0 Å². The lowest BCUT2D eigenvalue weighted by Crippen LogP contribution is -2.46. The average molecular weight is 184 g/mol. The lowest BCUT2D eigenvalue weighted by molar-refractivity contribution is 0.143. The molecule has 0 aromatic rings. The molecular formula is C11H24N2. The Balaban J connectivity index is 2.34. The molecule has 0 aliphatic carbocycles. The van der Waals surface area contributed by atoms with Crippen LogP contribution < -0.4 is 5.32 Å². The van der Waals surface area contributed by atoms with Gasteiger partial charge in [-0.15, -0.1) is 0 Å². The Morgan fingerprint density at radius 1 is 1.38 bits per heavy atom. The van der Waals surface area contributed by atoms with E-state index in [1.165, 1.54) is 32.5 Å². The average Bonchev–Trinajstić information content (AvgIpc) is 2.01. The van der Waals surface area contributed by atoms with Gasteiger partial charge in [-0.2, -0.15) is 0 Å². The van der Waals surface area contributed by atoms with E-state index < -0.39 is 0 Å². The Morgan fingerprint density at radius 2 is 2.08 bits per heavy atom. The van der Waals surface area contributed by atoms with Gasteiger partial charge in [0.1, 0.15) is 0 Å². The van der Waals surface area contributed by atoms with Crippen LogP contribution in [-0.2, 0) is 0 Å². The first-order chi connectivity index (χ1) is 6.01. The first-order valence-corrected chi connectivity index (χ1v) is 5.41. The fraction of sp³-hybridized carbons (Fsp3) is 1.00. The molecule has 0 bridgehead atoms. The van der Waals surface area contributed by atoms with E-state index in [4.69, 9.17) is 0 Å². The van der Waals surface area contributed by atoms with Crippen LogP contribution >= 0.6 is 0 Å². The summed E-state index contributed by atoms with van der Waals surface area (Å²) in [5, 5.41) is 3.38. The molecule has 0 saturated carbocycles. The van der Waals surface area contributed by atoms with E-state index in [2.05, 4.69) is 38.0 Å². The van der Waals surface area contributed by atoms with Gasteiger partial charge in [0.15, 0.2) is 0 Å². The lowest BCUT2D eigenvalue weighted by Gasteiger charge is -2.36. The first-order valence-electron chi connectivity index (χ1n) is 5.41. The molecule has 1 rings (SSSR count). The third-order valence-corrected chi connectivity index (χ3v) is 2.61. The van der Waals surface area contributed by atoms with E-state index in [0.717, 1.165) is 6.04 Å². The number of likely N-dealkylation sites (N-methyl/N-ethyl adjacent to an activating group) is 1. The molecule has 1 aliphatic heterocycles. The molecule has 0 aromatic carbocycles. The van der Waals surface area contributed by atoms with E-state index in [9.17, 15) is 0 Å². The highest BCUT2D eigenvalue weighted by Crippen LogP contribution is 2.18. The summed E-state index contributed by atoms with van der Waals surface area (Å²) < 4.78 is 0. The van der Waals surface area contributed by atoms with Crippen molar-refractivity contribution in [2.45, 2.75) is 39.7 Å². The van der Waals surface area contributed by atoms with Crippen molar-refractivity contribution in [3.63, 3.8) is 0 Å². The van der Waals surface area contributed by atoms with Crippen LogP contribution in [0.15, 0.2) is 0 Å². The fourth-order valence-electron chi connectivity index (χ4n) is 2.11. The Kier molecular flexibility index (Phi) is 3.74. The van der Waals surface area contributed by atoms with E-state index in [-0.39, 0.29) is 0 Å². The van der Waals surface area contributed by atoms with E-state index in [0.29, 0.717) is 5.41 Å². The molecule has 1 heterocycles. The smallest absolute Gasteiger partial charge is 0.0192 e. The maximum atomic E-state index is 3.38. The van der Waals surface area contributed by atoms with E-state index >= 15 is 0 Å². The SMILES string of the molecule is CNC1CCCN(CC(C)(C)C)C1. The van der Waals surface area contributed by atoms with Crippen molar-refractivity contribution in [2.24, 2.45) is 5.41 Å². The highest BCUT2D eigenvalue weighted by atomic mass is 15.2. The third kappa shape index (κ3) is 4.10. The Hall–Kier alpha value is -0.0800. The number of hydrogen-bond donors (Lipinski definition) is 1. The Bertz CT molecular complexity index is 149. The number of piperidine rings is 1. The van der Waals surface area contributed by atoms with Crippen LogP contribution in [-0.4, -0.2) is 37.6 Å². The summed E-state index contributed by atoms with van der Waals surface area (Å²) in [4.78, 5) is 2.59. The lowest BCUT2D eigenvalue weighted by atomic mass is 9.94. The number of nitrogens with zero attached hydrogens (tertiary/aromatic N) is 1. The highest BCUT2D eigenvalue weighted by molar-refractivity contribution is 4.79. The van der Waals surface area contributed by atoms with Crippen molar-refractivity contribution in [1.82, 2.24) is 10.2 Å². The predicted octanol–water partition coefficient (Wildman–Crippen LogP) is 1.72. The quantitative estimate of drug-likeness (QED) is 0.703. The van der Waals surface area contributed by atoms with Crippen LogP contribution in [0.2, 0.25) is 0 Å². The summed E-state index contributed by atoms with van der Waals surface area (Å²) in [6.45, 7) is 10.7. The van der Waals surface area contributed by atoms with Crippen LogP contribution in [0.5, 0.6) is 0 Å². The molecule has 78 valence electrons. The van der Waals surface area contributed by atoms with Gasteiger partial charge in [-0.1, -0.05) is 20.8 Å². The molecule has 1 saturated heterocycles. The van der Waals surface area contributed by atoms with Gasteiger partial charge in [-0.05, 0) is 31.8 Å². The van der Waals surface area contributed by atoms with Crippen molar-refractivity contribution >= 4 is 0 Å². The summed E-state index contributed by atoms with van der Waals surface area (Å²) in [6.07, 6.45) is 2.69. The van der Waals surface area contributed by atoms with Crippen molar-refractivity contribution in [1.29, 1.82) is 0 Å². The largest absolute Gasteiger partial charge is 0.316 e. The summed E-state index contributed by atoms with van der Waals surface area (Å²) in [5.74, 6) is 0. The first kappa shape index (κ1) is 11.0. The molecule has 1 fully saturated rings. The number of hydrogen-bond acceptors (Lipinski definition) is 2. The molecule has 2 heteroatoms. The topological polar surface area (TPSA) is 15.3 Å². The second-order valence-corrected chi connectivity index (χ2v) is 5.42. The molecule has 1 atom stereocenters. The minimum Gasteiger partial charge on any atom is -0.316 e. The molecule has 0 amide bonds. The molecule has 0 radical (unpaired) electrons. The summed E-state index contributed by atoms with van der Waals surface area (Å²) >= 11 is 0. The zero-order chi connectivity index (χ0) is 9.90. The maximum Gasteiger partial charge on any atom is 0.0192 e. The van der Waals surface area contributed by atoms with Crippen molar-refractivity contribution in [3.8, 4) is 0 Å². The molecular weight excluding hydrogens is 160 g/mol. The molecule has 1 aliphatic rings. The van der Waals surface area contributed by atoms with Crippen molar-refractivity contribution in [3.05, 3.63) is 0 Å². The van der Waals surface area contributed by atoms with Crippen LogP contribution in [0, 0.1) is 5.41 Å². The predicted molar refractivity (Wildman–Crippen MR) is 58.0 cm³/mol. The third-order valence-electron chi connectivity index (χ3n) is 2.61.